The minimum Gasteiger partial charge on any atom is -0.495 e. The van der Waals surface area contributed by atoms with E-state index in [2.05, 4.69) is 10.6 Å². The summed E-state index contributed by atoms with van der Waals surface area (Å²) in [5.41, 5.74) is 2.08. The summed E-state index contributed by atoms with van der Waals surface area (Å²) in [4.78, 5) is 25.4. The van der Waals surface area contributed by atoms with E-state index < -0.39 is 5.63 Å². The molecule has 1 aromatic heterocycles. The first-order valence-electron chi connectivity index (χ1n) is 10.8. The number of rotatable bonds is 4. The predicted molar refractivity (Wildman–Crippen MR) is 142 cm³/mol. The molecule has 0 radical (unpaired) electrons. The molecule has 0 aliphatic rings. The van der Waals surface area contributed by atoms with Crippen LogP contribution in [0.1, 0.15) is 10.4 Å². The maximum absolute atomic E-state index is 12.8. The van der Waals surface area contributed by atoms with Crippen molar-refractivity contribution >= 4 is 50.7 Å². The lowest BCUT2D eigenvalue weighted by Crippen LogP contribution is -2.34. The smallest absolute Gasteiger partial charge is 0.344 e. The van der Waals surface area contributed by atoms with Gasteiger partial charge in [0.15, 0.2) is 5.11 Å². The Hall–Kier alpha value is -4.49. The van der Waals surface area contributed by atoms with Crippen LogP contribution < -0.4 is 21.0 Å². The van der Waals surface area contributed by atoms with Crippen molar-refractivity contribution in [3.63, 3.8) is 0 Å². The molecular formula is C28H20N2O4S. The molecule has 4 aromatic carbocycles. The highest BCUT2D eigenvalue weighted by Gasteiger charge is 2.14. The standard InChI is InChI=1S/C28H20N2O4S/c1-33-25-13-12-19(22-15-20-8-4-5-9-24(20)34-27(22)32)16-23(25)29-28(35)30-26(31)21-11-10-17-6-2-3-7-18(17)14-21/h2-16H,1H3,(H2,29,30,31,35). The first-order valence-corrected chi connectivity index (χ1v) is 11.2. The number of para-hydroxylation sites is 1. The van der Waals surface area contributed by atoms with Crippen molar-refractivity contribution in [3.8, 4) is 16.9 Å². The Morgan fingerprint density at radius 2 is 1.60 bits per heavy atom. The normalized spacial score (nSPS) is 10.8. The molecule has 5 rings (SSSR count). The molecule has 6 nitrogen and oxygen atoms in total. The van der Waals surface area contributed by atoms with Crippen LogP contribution in [0.2, 0.25) is 0 Å². The zero-order valence-electron chi connectivity index (χ0n) is 18.7. The van der Waals surface area contributed by atoms with Crippen LogP contribution in [0.25, 0.3) is 32.9 Å². The fourth-order valence-corrected chi connectivity index (χ4v) is 4.10. The molecule has 1 heterocycles. The SMILES string of the molecule is COc1ccc(-c2cc3ccccc3oc2=O)cc1NC(=S)NC(=O)c1ccc2ccccc2c1. The largest absolute Gasteiger partial charge is 0.495 e. The number of hydrogen-bond donors (Lipinski definition) is 2. The van der Waals surface area contributed by atoms with Crippen LogP contribution in [-0.4, -0.2) is 18.1 Å². The number of methoxy groups -OCH3 is 1. The Labute approximate surface area is 206 Å². The summed E-state index contributed by atoms with van der Waals surface area (Å²) in [6, 6.07) is 27.6. The van der Waals surface area contributed by atoms with E-state index in [1.165, 1.54) is 7.11 Å². The Morgan fingerprint density at radius 3 is 2.40 bits per heavy atom. The summed E-state index contributed by atoms with van der Waals surface area (Å²) >= 11 is 5.39. The maximum Gasteiger partial charge on any atom is 0.344 e. The van der Waals surface area contributed by atoms with Gasteiger partial charge in [-0.15, -0.1) is 0 Å². The third-order valence-electron chi connectivity index (χ3n) is 5.64. The van der Waals surface area contributed by atoms with Gasteiger partial charge in [0.1, 0.15) is 11.3 Å². The van der Waals surface area contributed by atoms with Crippen LogP contribution in [0.3, 0.4) is 0 Å². The lowest BCUT2D eigenvalue weighted by Gasteiger charge is -2.14. The molecule has 172 valence electrons. The average molecular weight is 481 g/mol. The number of ether oxygens (including phenoxy) is 1. The lowest BCUT2D eigenvalue weighted by molar-refractivity contribution is 0.0978. The second-order valence-corrected chi connectivity index (χ2v) is 8.28. The van der Waals surface area contributed by atoms with Gasteiger partial charge in [0, 0.05) is 10.9 Å². The third-order valence-corrected chi connectivity index (χ3v) is 5.84. The molecule has 7 heteroatoms. The highest BCUT2D eigenvalue weighted by molar-refractivity contribution is 7.80. The van der Waals surface area contributed by atoms with E-state index in [4.69, 9.17) is 21.4 Å². The molecule has 0 aliphatic heterocycles. The van der Waals surface area contributed by atoms with Crippen LogP contribution in [0.5, 0.6) is 5.75 Å². The molecule has 0 fully saturated rings. The third kappa shape index (κ3) is 4.62. The summed E-state index contributed by atoms with van der Waals surface area (Å²) in [6.07, 6.45) is 0. The Balaban J connectivity index is 1.40. The predicted octanol–water partition coefficient (Wildman–Crippen LogP) is 5.75. The van der Waals surface area contributed by atoms with Gasteiger partial charge >= 0.3 is 5.63 Å². The van der Waals surface area contributed by atoms with Crippen LogP contribution in [0.4, 0.5) is 5.69 Å². The number of nitrogens with one attached hydrogen (secondary N) is 2. The maximum atomic E-state index is 12.8. The van der Waals surface area contributed by atoms with Crippen molar-refractivity contribution < 1.29 is 13.9 Å². The molecule has 0 atom stereocenters. The molecule has 35 heavy (non-hydrogen) atoms. The van der Waals surface area contributed by atoms with E-state index in [9.17, 15) is 9.59 Å². The molecular weight excluding hydrogens is 460 g/mol. The number of carbonyl (C=O) groups is 1. The van der Waals surface area contributed by atoms with Gasteiger partial charge in [0.25, 0.3) is 5.91 Å². The van der Waals surface area contributed by atoms with Gasteiger partial charge < -0.3 is 14.5 Å². The number of carbonyl (C=O) groups excluding carboxylic acids is 1. The fourth-order valence-electron chi connectivity index (χ4n) is 3.90. The lowest BCUT2D eigenvalue weighted by atomic mass is 10.0. The van der Waals surface area contributed by atoms with E-state index in [1.54, 1.807) is 36.4 Å². The van der Waals surface area contributed by atoms with E-state index in [0.717, 1.165) is 16.2 Å². The molecule has 2 N–H and O–H groups in total. The van der Waals surface area contributed by atoms with E-state index in [0.29, 0.717) is 33.7 Å². The second-order valence-electron chi connectivity index (χ2n) is 7.87. The number of benzene rings is 4. The Bertz CT molecular complexity index is 1660. The van der Waals surface area contributed by atoms with Gasteiger partial charge in [-0.2, -0.15) is 0 Å². The molecule has 0 saturated heterocycles. The van der Waals surface area contributed by atoms with Crippen molar-refractivity contribution in [1.29, 1.82) is 0 Å². The molecule has 0 bridgehead atoms. The first kappa shape index (κ1) is 22.3. The quantitative estimate of drug-likeness (QED) is 0.252. The van der Waals surface area contributed by atoms with Gasteiger partial charge in [0.2, 0.25) is 0 Å². The van der Waals surface area contributed by atoms with Crippen molar-refractivity contribution in [2.45, 2.75) is 0 Å². The molecule has 0 aliphatic carbocycles. The van der Waals surface area contributed by atoms with Gasteiger partial charge in [-0.1, -0.05) is 54.6 Å². The number of fused-ring (bicyclic) bond motifs is 2. The molecule has 0 saturated carbocycles. The van der Waals surface area contributed by atoms with Crippen molar-refractivity contribution in [2.75, 3.05) is 12.4 Å². The van der Waals surface area contributed by atoms with Crippen LogP contribution in [0, 0.1) is 0 Å². The fraction of sp³-hybridized carbons (Fsp3) is 0.0357. The van der Waals surface area contributed by atoms with Gasteiger partial charge in [-0.25, -0.2) is 4.79 Å². The summed E-state index contributed by atoms with van der Waals surface area (Å²) in [5.74, 6) is 0.166. The Morgan fingerprint density at radius 1 is 0.857 bits per heavy atom. The molecule has 5 aromatic rings. The highest BCUT2D eigenvalue weighted by atomic mass is 32.1. The van der Waals surface area contributed by atoms with Gasteiger partial charge in [-0.3, -0.25) is 10.1 Å². The average Bonchev–Trinajstić information content (AvgIpc) is 2.88. The molecule has 1 amide bonds. The van der Waals surface area contributed by atoms with Crippen molar-refractivity contribution in [3.05, 3.63) is 107 Å². The second kappa shape index (κ2) is 9.40. The highest BCUT2D eigenvalue weighted by Crippen LogP contribution is 2.30. The van der Waals surface area contributed by atoms with E-state index in [1.807, 2.05) is 54.6 Å². The van der Waals surface area contributed by atoms with Crippen LogP contribution in [0.15, 0.2) is 100 Å². The van der Waals surface area contributed by atoms with E-state index in [-0.39, 0.29) is 11.0 Å². The number of amides is 1. The number of thiocarbonyl (C=S) groups is 1. The van der Waals surface area contributed by atoms with Gasteiger partial charge in [-0.05, 0) is 65.0 Å². The van der Waals surface area contributed by atoms with Gasteiger partial charge in [0.05, 0.1) is 18.4 Å². The summed E-state index contributed by atoms with van der Waals surface area (Å²) in [6.45, 7) is 0. The summed E-state index contributed by atoms with van der Waals surface area (Å²) < 4.78 is 10.9. The zero-order chi connectivity index (χ0) is 24.4. The minimum absolute atomic E-state index is 0.101. The van der Waals surface area contributed by atoms with E-state index >= 15 is 0 Å². The summed E-state index contributed by atoms with van der Waals surface area (Å²) in [5, 5.41) is 8.63. The first-order chi connectivity index (χ1) is 17.0. The summed E-state index contributed by atoms with van der Waals surface area (Å²) in [7, 11) is 1.53. The van der Waals surface area contributed by atoms with Crippen molar-refractivity contribution in [1.82, 2.24) is 5.32 Å². The molecule has 0 unspecified atom stereocenters. The number of hydrogen-bond acceptors (Lipinski definition) is 5. The Kier molecular flexibility index (Phi) is 5.99. The monoisotopic (exact) mass is 480 g/mol. The molecule has 0 spiro atoms. The van der Waals surface area contributed by atoms with Crippen LogP contribution >= 0.6 is 12.2 Å². The van der Waals surface area contributed by atoms with Crippen molar-refractivity contribution in [2.24, 2.45) is 0 Å². The number of anilines is 1. The topological polar surface area (TPSA) is 80.6 Å². The van der Waals surface area contributed by atoms with Crippen LogP contribution in [-0.2, 0) is 0 Å². The zero-order valence-corrected chi connectivity index (χ0v) is 19.5. The minimum atomic E-state index is -0.452.